The third kappa shape index (κ3) is 3.55. The third-order valence-corrected chi connectivity index (χ3v) is 4.38. The monoisotopic (exact) mass is 294 g/mol. The number of hydrogen-bond donors (Lipinski definition) is 1. The van der Waals surface area contributed by atoms with Gasteiger partial charge in [-0.3, -0.25) is 0 Å². The Kier molecular flexibility index (Phi) is 5.59. The molecule has 1 aromatic rings. The van der Waals surface area contributed by atoms with Gasteiger partial charge in [-0.25, -0.2) is 4.39 Å². The summed E-state index contributed by atoms with van der Waals surface area (Å²) in [5.41, 5.74) is 1.72. The van der Waals surface area contributed by atoms with Crippen molar-refractivity contribution in [2.24, 2.45) is 0 Å². The Morgan fingerprint density at radius 2 is 2.24 bits per heavy atom. The van der Waals surface area contributed by atoms with Crippen molar-refractivity contribution < 1.29 is 9.13 Å². The minimum absolute atomic E-state index is 0.00114. The van der Waals surface area contributed by atoms with E-state index in [1.807, 2.05) is 20.0 Å². The molecule has 1 aliphatic heterocycles. The number of likely N-dealkylation sites (N-methyl/N-ethyl adjacent to an activating group) is 1. The van der Waals surface area contributed by atoms with Crippen LogP contribution in [0.3, 0.4) is 0 Å². The van der Waals surface area contributed by atoms with E-state index in [0.29, 0.717) is 6.04 Å². The minimum Gasteiger partial charge on any atom is -0.376 e. The lowest BCUT2D eigenvalue weighted by Gasteiger charge is -2.32. The molecule has 3 unspecified atom stereocenters. The second-order valence-electron chi connectivity index (χ2n) is 5.89. The fourth-order valence-corrected chi connectivity index (χ4v) is 3.13. The largest absolute Gasteiger partial charge is 0.376 e. The number of benzene rings is 1. The van der Waals surface area contributed by atoms with Gasteiger partial charge in [0.1, 0.15) is 5.82 Å². The van der Waals surface area contributed by atoms with Crippen LogP contribution in [0.1, 0.15) is 45.2 Å². The third-order valence-electron chi connectivity index (χ3n) is 4.38. The number of nitrogens with one attached hydrogen (secondary N) is 1. The normalized spacial score (nSPS) is 23.3. The first-order valence-electron chi connectivity index (χ1n) is 7.92. The van der Waals surface area contributed by atoms with Crippen LogP contribution < -0.4 is 10.2 Å². The van der Waals surface area contributed by atoms with Crippen LogP contribution in [0.25, 0.3) is 0 Å². The average molecular weight is 294 g/mol. The smallest absolute Gasteiger partial charge is 0.130 e. The highest BCUT2D eigenvalue weighted by molar-refractivity contribution is 5.56. The Balaban J connectivity index is 2.28. The molecule has 0 aromatic heterocycles. The highest BCUT2D eigenvalue weighted by Crippen LogP contribution is 2.32. The van der Waals surface area contributed by atoms with E-state index < -0.39 is 0 Å². The molecule has 0 radical (unpaired) electrons. The first-order chi connectivity index (χ1) is 10.1. The van der Waals surface area contributed by atoms with Crippen LogP contribution in [-0.2, 0) is 4.74 Å². The van der Waals surface area contributed by atoms with Gasteiger partial charge in [0.05, 0.1) is 12.1 Å². The molecule has 3 atom stereocenters. The molecule has 3 nitrogen and oxygen atoms in total. The van der Waals surface area contributed by atoms with Gasteiger partial charge in [-0.15, -0.1) is 0 Å². The van der Waals surface area contributed by atoms with Crippen LogP contribution in [0.15, 0.2) is 18.2 Å². The van der Waals surface area contributed by atoms with Crippen LogP contribution in [0.2, 0.25) is 0 Å². The molecule has 4 heteroatoms. The number of hydrogen-bond acceptors (Lipinski definition) is 3. The van der Waals surface area contributed by atoms with Crippen molar-refractivity contribution in [2.45, 2.75) is 51.8 Å². The van der Waals surface area contributed by atoms with Gasteiger partial charge in [-0.2, -0.15) is 0 Å². The van der Waals surface area contributed by atoms with Crippen LogP contribution >= 0.6 is 0 Å². The molecular weight excluding hydrogens is 267 g/mol. The summed E-state index contributed by atoms with van der Waals surface area (Å²) in [7, 11) is 2.04. The maximum atomic E-state index is 14.4. The Morgan fingerprint density at radius 3 is 2.86 bits per heavy atom. The average Bonchev–Trinajstić information content (AvgIpc) is 2.89. The molecule has 1 N–H and O–H groups in total. The molecule has 1 fully saturated rings. The zero-order valence-corrected chi connectivity index (χ0v) is 13.5. The van der Waals surface area contributed by atoms with Crippen molar-refractivity contribution in [3.05, 3.63) is 29.6 Å². The van der Waals surface area contributed by atoms with Crippen molar-refractivity contribution in [1.82, 2.24) is 5.32 Å². The van der Waals surface area contributed by atoms with Gasteiger partial charge in [0.2, 0.25) is 0 Å². The molecule has 0 bridgehead atoms. The molecule has 0 spiro atoms. The highest BCUT2D eigenvalue weighted by Gasteiger charge is 2.30. The molecule has 21 heavy (non-hydrogen) atoms. The topological polar surface area (TPSA) is 24.5 Å². The molecule has 0 amide bonds. The lowest BCUT2D eigenvalue weighted by atomic mass is 10.0. The van der Waals surface area contributed by atoms with Gasteiger partial charge >= 0.3 is 0 Å². The van der Waals surface area contributed by atoms with Crippen molar-refractivity contribution >= 4 is 5.69 Å². The van der Waals surface area contributed by atoms with Crippen LogP contribution in [0.5, 0.6) is 0 Å². The fraction of sp³-hybridized carbons (Fsp3) is 0.647. The standard InChI is InChI=1S/C17H27FN2O/c1-5-10-19-12(2)17-14(18)7-6-8-16(17)20(4)15-9-11-21-13(15)3/h6-8,12-13,15,19H,5,9-11H2,1-4H3. The number of nitrogens with zero attached hydrogens (tertiary/aromatic N) is 1. The lowest BCUT2D eigenvalue weighted by Crippen LogP contribution is -2.38. The number of rotatable bonds is 6. The van der Waals surface area contributed by atoms with E-state index in [4.69, 9.17) is 4.74 Å². The van der Waals surface area contributed by atoms with E-state index >= 15 is 0 Å². The van der Waals surface area contributed by atoms with E-state index in [2.05, 4.69) is 24.1 Å². The Bertz CT molecular complexity index is 466. The number of ether oxygens (including phenoxy) is 1. The molecule has 1 aliphatic rings. The molecule has 0 aliphatic carbocycles. The van der Waals surface area contributed by atoms with Crippen molar-refractivity contribution in [1.29, 1.82) is 0 Å². The van der Waals surface area contributed by atoms with Gasteiger partial charge in [0.15, 0.2) is 0 Å². The molecule has 118 valence electrons. The maximum Gasteiger partial charge on any atom is 0.130 e. The van der Waals surface area contributed by atoms with Gasteiger partial charge < -0.3 is 15.0 Å². The summed E-state index contributed by atoms with van der Waals surface area (Å²) in [4.78, 5) is 2.18. The maximum absolute atomic E-state index is 14.4. The van der Waals surface area contributed by atoms with Crippen molar-refractivity contribution in [3.8, 4) is 0 Å². The Hall–Kier alpha value is -1.13. The minimum atomic E-state index is -0.137. The van der Waals surface area contributed by atoms with Gasteiger partial charge in [0.25, 0.3) is 0 Å². The zero-order valence-electron chi connectivity index (χ0n) is 13.5. The summed E-state index contributed by atoms with van der Waals surface area (Å²) in [5.74, 6) is -0.137. The summed E-state index contributed by atoms with van der Waals surface area (Å²) < 4.78 is 20.0. The first kappa shape index (κ1) is 16.2. The quantitative estimate of drug-likeness (QED) is 0.869. The van der Waals surface area contributed by atoms with E-state index in [9.17, 15) is 4.39 Å². The SMILES string of the molecule is CCCNC(C)c1c(F)cccc1N(C)C1CCOC1C. The lowest BCUT2D eigenvalue weighted by molar-refractivity contribution is 0.118. The van der Waals surface area contributed by atoms with E-state index in [-0.39, 0.29) is 18.0 Å². The van der Waals surface area contributed by atoms with Crippen molar-refractivity contribution in [2.75, 3.05) is 25.1 Å². The summed E-state index contributed by atoms with van der Waals surface area (Å²) in [6, 6.07) is 5.65. The summed E-state index contributed by atoms with van der Waals surface area (Å²) in [5, 5.41) is 3.39. The highest BCUT2D eigenvalue weighted by atomic mass is 19.1. The van der Waals surface area contributed by atoms with Crippen LogP contribution in [-0.4, -0.2) is 32.3 Å². The molecular formula is C17H27FN2O. The van der Waals surface area contributed by atoms with Gasteiger partial charge in [-0.05, 0) is 45.4 Å². The zero-order chi connectivity index (χ0) is 15.4. The van der Waals surface area contributed by atoms with Gasteiger partial charge in [-0.1, -0.05) is 13.0 Å². The van der Waals surface area contributed by atoms with Gasteiger partial charge in [0, 0.05) is 30.9 Å². The Labute approximate surface area is 127 Å². The van der Waals surface area contributed by atoms with Crippen molar-refractivity contribution in [3.63, 3.8) is 0 Å². The number of anilines is 1. The predicted octanol–water partition coefficient (Wildman–Crippen LogP) is 3.50. The summed E-state index contributed by atoms with van der Waals surface area (Å²) in [6.07, 6.45) is 2.21. The molecule has 0 saturated carbocycles. The van der Waals surface area contributed by atoms with E-state index in [0.717, 1.165) is 37.2 Å². The van der Waals surface area contributed by atoms with E-state index in [1.54, 1.807) is 12.1 Å². The Morgan fingerprint density at radius 1 is 1.48 bits per heavy atom. The van der Waals surface area contributed by atoms with Crippen LogP contribution in [0, 0.1) is 5.82 Å². The summed E-state index contributed by atoms with van der Waals surface area (Å²) >= 11 is 0. The molecule has 2 rings (SSSR count). The second-order valence-corrected chi connectivity index (χ2v) is 5.89. The molecule has 1 heterocycles. The first-order valence-corrected chi connectivity index (χ1v) is 7.92. The fourth-order valence-electron chi connectivity index (χ4n) is 3.13. The van der Waals surface area contributed by atoms with E-state index in [1.165, 1.54) is 0 Å². The molecule has 1 aromatic carbocycles. The van der Waals surface area contributed by atoms with Crippen LogP contribution in [0.4, 0.5) is 10.1 Å². The second kappa shape index (κ2) is 7.23. The molecule has 1 saturated heterocycles. The number of halogens is 1. The summed E-state index contributed by atoms with van der Waals surface area (Å²) in [6.45, 7) is 7.91. The predicted molar refractivity (Wildman–Crippen MR) is 85.3 cm³/mol.